The van der Waals surface area contributed by atoms with E-state index in [1.54, 1.807) is 45.4 Å². The first-order valence-electron chi connectivity index (χ1n) is 8.07. The maximum Gasteiger partial charge on any atom is 0.262 e. The molecule has 7 heteroatoms. The predicted octanol–water partition coefficient (Wildman–Crippen LogP) is 1.78. The van der Waals surface area contributed by atoms with E-state index < -0.39 is 5.54 Å². The van der Waals surface area contributed by atoms with Crippen molar-refractivity contribution in [2.45, 2.75) is 32.7 Å². The minimum atomic E-state index is -0.611. The molecular formula is C18H20N4O3. The van der Waals surface area contributed by atoms with Gasteiger partial charge in [-0.1, -0.05) is 0 Å². The molecule has 2 heterocycles. The maximum absolute atomic E-state index is 12.6. The van der Waals surface area contributed by atoms with Crippen LogP contribution in [-0.2, 0) is 6.42 Å². The van der Waals surface area contributed by atoms with Gasteiger partial charge in [-0.05, 0) is 39.0 Å². The predicted molar refractivity (Wildman–Crippen MR) is 91.3 cm³/mol. The standard InChI is InChI=1S/C18H20N4O3/c1-18(2,3)22-16(24)13-5-4-11(8-14(13)17(22)25)15(23)20-7-6-12-9-19-10-21-12/h4-5,8-10H,6-7H2,1-3H3,(H,19,21)(H,20,23). The number of nitrogens with zero attached hydrogens (tertiary/aromatic N) is 2. The van der Waals surface area contributed by atoms with Gasteiger partial charge in [0.2, 0.25) is 0 Å². The van der Waals surface area contributed by atoms with Crippen LogP contribution in [0.4, 0.5) is 0 Å². The molecule has 0 saturated heterocycles. The van der Waals surface area contributed by atoms with Crippen molar-refractivity contribution in [2.24, 2.45) is 0 Å². The van der Waals surface area contributed by atoms with Crippen LogP contribution in [0, 0.1) is 0 Å². The van der Waals surface area contributed by atoms with E-state index in [0.29, 0.717) is 24.1 Å². The summed E-state index contributed by atoms with van der Waals surface area (Å²) >= 11 is 0. The number of H-pyrrole nitrogens is 1. The van der Waals surface area contributed by atoms with Crippen LogP contribution in [0.15, 0.2) is 30.7 Å². The molecule has 0 bridgehead atoms. The Hall–Kier alpha value is -2.96. The second kappa shape index (κ2) is 6.16. The fourth-order valence-corrected chi connectivity index (χ4v) is 2.83. The molecule has 0 fully saturated rings. The SMILES string of the molecule is CC(C)(C)N1C(=O)c2ccc(C(=O)NCCc3cnc[nH]3)cc2C1=O. The number of benzene rings is 1. The molecule has 1 aliphatic rings. The zero-order valence-electron chi connectivity index (χ0n) is 14.4. The van der Waals surface area contributed by atoms with Crippen LogP contribution in [-0.4, -0.2) is 44.7 Å². The lowest BCUT2D eigenvalue weighted by Gasteiger charge is -2.29. The molecule has 2 aromatic rings. The van der Waals surface area contributed by atoms with Crippen molar-refractivity contribution in [2.75, 3.05) is 6.54 Å². The molecule has 0 unspecified atom stereocenters. The summed E-state index contributed by atoms with van der Waals surface area (Å²) in [5.41, 5.74) is 1.30. The fraction of sp³-hybridized carbons (Fsp3) is 0.333. The lowest BCUT2D eigenvalue weighted by atomic mass is 10.1. The minimum Gasteiger partial charge on any atom is -0.352 e. The quantitative estimate of drug-likeness (QED) is 0.829. The van der Waals surface area contributed by atoms with Gasteiger partial charge < -0.3 is 10.3 Å². The summed E-state index contributed by atoms with van der Waals surface area (Å²) in [5.74, 6) is -0.963. The summed E-state index contributed by atoms with van der Waals surface area (Å²) in [7, 11) is 0. The van der Waals surface area contributed by atoms with E-state index in [-0.39, 0.29) is 23.3 Å². The zero-order valence-corrected chi connectivity index (χ0v) is 14.4. The highest BCUT2D eigenvalue weighted by molar-refractivity contribution is 6.22. The third-order valence-corrected chi connectivity index (χ3v) is 4.05. The molecule has 0 aliphatic carbocycles. The van der Waals surface area contributed by atoms with Crippen LogP contribution in [0.2, 0.25) is 0 Å². The van der Waals surface area contributed by atoms with Gasteiger partial charge in [0.25, 0.3) is 17.7 Å². The maximum atomic E-state index is 12.6. The molecule has 0 saturated carbocycles. The number of carbonyl (C=O) groups excluding carboxylic acids is 3. The molecule has 1 aliphatic heterocycles. The Balaban J connectivity index is 1.74. The van der Waals surface area contributed by atoms with E-state index in [2.05, 4.69) is 15.3 Å². The summed E-state index contributed by atoms with van der Waals surface area (Å²) in [6, 6.07) is 4.61. The van der Waals surface area contributed by atoms with Crippen LogP contribution in [0.25, 0.3) is 0 Å². The number of aromatic amines is 1. The van der Waals surface area contributed by atoms with E-state index >= 15 is 0 Å². The van der Waals surface area contributed by atoms with Crippen molar-refractivity contribution in [3.63, 3.8) is 0 Å². The molecule has 0 radical (unpaired) electrons. The van der Waals surface area contributed by atoms with Crippen molar-refractivity contribution in [3.8, 4) is 0 Å². The molecule has 0 atom stereocenters. The number of nitrogens with one attached hydrogen (secondary N) is 2. The normalized spacial score (nSPS) is 14.0. The largest absolute Gasteiger partial charge is 0.352 e. The third kappa shape index (κ3) is 3.17. The number of imidazole rings is 1. The average molecular weight is 340 g/mol. The summed E-state index contributed by atoms with van der Waals surface area (Å²) in [6.45, 7) is 5.85. The fourth-order valence-electron chi connectivity index (χ4n) is 2.83. The number of carbonyl (C=O) groups is 3. The number of hydrogen-bond donors (Lipinski definition) is 2. The van der Waals surface area contributed by atoms with Crippen molar-refractivity contribution < 1.29 is 14.4 Å². The first-order valence-corrected chi connectivity index (χ1v) is 8.07. The Morgan fingerprint density at radius 1 is 1.20 bits per heavy atom. The Morgan fingerprint density at radius 2 is 1.92 bits per heavy atom. The molecular weight excluding hydrogens is 320 g/mol. The molecule has 3 rings (SSSR count). The lowest BCUT2D eigenvalue weighted by molar-refractivity contribution is 0.0507. The van der Waals surface area contributed by atoms with Gasteiger partial charge in [-0.2, -0.15) is 0 Å². The molecule has 0 spiro atoms. The molecule has 25 heavy (non-hydrogen) atoms. The van der Waals surface area contributed by atoms with Crippen LogP contribution in [0.3, 0.4) is 0 Å². The second-order valence-corrected chi connectivity index (χ2v) is 6.96. The molecule has 3 amide bonds. The summed E-state index contributed by atoms with van der Waals surface area (Å²) in [6.07, 6.45) is 3.92. The highest BCUT2D eigenvalue weighted by atomic mass is 16.2. The van der Waals surface area contributed by atoms with Crippen LogP contribution in [0.5, 0.6) is 0 Å². The minimum absolute atomic E-state index is 0.279. The van der Waals surface area contributed by atoms with E-state index in [4.69, 9.17) is 0 Å². The summed E-state index contributed by atoms with van der Waals surface area (Å²) in [4.78, 5) is 45.4. The topological polar surface area (TPSA) is 95.2 Å². The van der Waals surface area contributed by atoms with E-state index in [9.17, 15) is 14.4 Å². The average Bonchev–Trinajstić information content (AvgIpc) is 3.14. The van der Waals surface area contributed by atoms with Gasteiger partial charge >= 0.3 is 0 Å². The Morgan fingerprint density at radius 3 is 2.56 bits per heavy atom. The van der Waals surface area contributed by atoms with Gasteiger partial charge in [-0.25, -0.2) is 4.98 Å². The zero-order chi connectivity index (χ0) is 18.2. The number of amides is 3. The van der Waals surface area contributed by atoms with Crippen LogP contribution < -0.4 is 5.32 Å². The molecule has 130 valence electrons. The highest BCUT2D eigenvalue weighted by Crippen LogP contribution is 2.29. The molecule has 7 nitrogen and oxygen atoms in total. The van der Waals surface area contributed by atoms with Crippen LogP contribution in [0.1, 0.15) is 57.5 Å². The molecule has 1 aromatic heterocycles. The number of imide groups is 1. The Labute approximate surface area is 145 Å². The highest BCUT2D eigenvalue weighted by Gasteiger charge is 2.42. The summed E-state index contributed by atoms with van der Waals surface area (Å²) in [5, 5.41) is 2.80. The van der Waals surface area contributed by atoms with Gasteiger partial charge in [0.1, 0.15) is 0 Å². The second-order valence-electron chi connectivity index (χ2n) is 6.96. The molecule has 2 N–H and O–H groups in total. The van der Waals surface area contributed by atoms with Gasteiger partial charge in [0.05, 0.1) is 17.5 Å². The van der Waals surface area contributed by atoms with Gasteiger partial charge in [0.15, 0.2) is 0 Å². The first-order chi connectivity index (χ1) is 11.8. The van der Waals surface area contributed by atoms with E-state index in [1.807, 2.05) is 0 Å². The number of rotatable bonds is 4. The van der Waals surface area contributed by atoms with Crippen LogP contribution >= 0.6 is 0 Å². The monoisotopic (exact) mass is 340 g/mol. The van der Waals surface area contributed by atoms with Gasteiger partial charge in [-0.3, -0.25) is 19.3 Å². The summed E-state index contributed by atoms with van der Waals surface area (Å²) < 4.78 is 0. The number of aromatic nitrogens is 2. The van der Waals surface area contributed by atoms with Gasteiger partial charge in [0, 0.05) is 36.0 Å². The molecule has 1 aromatic carbocycles. The van der Waals surface area contributed by atoms with Crippen molar-refractivity contribution in [1.29, 1.82) is 0 Å². The van der Waals surface area contributed by atoms with Crippen molar-refractivity contribution >= 4 is 17.7 Å². The van der Waals surface area contributed by atoms with E-state index in [1.165, 1.54) is 11.0 Å². The number of hydrogen-bond acceptors (Lipinski definition) is 4. The Bertz CT molecular complexity index is 835. The number of fused-ring (bicyclic) bond motifs is 1. The van der Waals surface area contributed by atoms with E-state index in [0.717, 1.165) is 5.69 Å². The first kappa shape index (κ1) is 16.9. The third-order valence-electron chi connectivity index (χ3n) is 4.05. The van der Waals surface area contributed by atoms with Crippen molar-refractivity contribution in [1.82, 2.24) is 20.2 Å². The van der Waals surface area contributed by atoms with Crippen molar-refractivity contribution in [3.05, 3.63) is 53.1 Å². The smallest absolute Gasteiger partial charge is 0.262 e. The van der Waals surface area contributed by atoms with Gasteiger partial charge in [-0.15, -0.1) is 0 Å². The lowest BCUT2D eigenvalue weighted by Crippen LogP contribution is -2.45. The Kier molecular flexibility index (Phi) is 4.16.